The van der Waals surface area contributed by atoms with Gasteiger partial charge in [-0.3, -0.25) is 4.79 Å². The Hall–Kier alpha value is -1.53. The largest absolute Gasteiger partial charge is 0.381 e. The van der Waals surface area contributed by atoms with E-state index in [0.717, 1.165) is 12.8 Å². The standard InChI is InChI=1S/C19H29N3O3/c1-2-16(25-15-7-4-3-5-8-15)17(23)22-19(9-13-24-14-10-19)18-20-11-6-12-21-18/h6,11-12,15-16H,2-5,7-10,13-14H2,1H3,(H,22,23). The topological polar surface area (TPSA) is 73.3 Å². The Bertz CT molecular complexity index is 540. The van der Waals surface area contributed by atoms with E-state index in [1.807, 2.05) is 6.92 Å². The Balaban J connectivity index is 1.70. The van der Waals surface area contributed by atoms with E-state index < -0.39 is 11.6 Å². The summed E-state index contributed by atoms with van der Waals surface area (Å²) in [6, 6.07) is 1.79. The Kier molecular flexibility index (Phi) is 6.37. The summed E-state index contributed by atoms with van der Waals surface area (Å²) in [5.41, 5.74) is -0.556. The lowest BCUT2D eigenvalue weighted by Crippen LogP contribution is -2.54. The third-order valence-electron chi connectivity index (χ3n) is 5.27. The van der Waals surface area contributed by atoms with Crippen molar-refractivity contribution in [2.75, 3.05) is 13.2 Å². The molecule has 0 spiro atoms. The van der Waals surface area contributed by atoms with Crippen LogP contribution in [0.1, 0.15) is 64.1 Å². The van der Waals surface area contributed by atoms with Crippen LogP contribution in [0.4, 0.5) is 0 Å². The van der Waals surface area contributed by atoms with Crippen LogP contribution in [0.3, 0.4) is 0 Å². The SMILES string of the molecule is CCC(OC1CCCCC1)C(=O)NC1(c2ncccn2)CCOCC1. The Morgan fingerprint density at radius 2 is 1.96 bits per heavy atom. The minimum atomic E-state index is -0.556. The predicted molar refractivity (Wildman–Crippen MR) is 93.9 cm³/mol. The van der Waals surface area contributed by atoms with Gasteiger partial charge in [0.2, 0.25) is 5.91 Å². The molecule has 2 aliphatic rings. The molecule has 1 aromatic rings. The molecule has 0 radical (unpaired) electrons. The van der Waals surface area contributed by atoms with Crippen LogP contribution < -0.4 is 5.32 Å². The molecule has 0 aromatic carbocycles. The predicted octanol–water partition coefficient (Wildman–Crippen LogP) is 2.73. The Labute approximate surface area is 149 Å². The first-order chi connectivity index (χ1) is 12.2. The summed E-state index contributed by atoms with van der Waals surface area (Å²) in [7, 11) is 0. The number of ether oxygens (including phenoxy) is 2. The molecule has 2 fully saturated rings. The number of carbonyl (C=O) groups excluding carboxylic acids is 1. The van der Waals surface area contributed by atoms with Crippen LogP contribution in [-0.2, 0) is 19.8 Å². The molecule has 1 saturated carbocycles. The Morgan fingerprint density at radius 1 is 1.28 bits per heavy atom. The van der Waals surface area contributed by atoms with Crippen LogP contribution in [-0.4, -0.2) is 41.3 Å². The van der Waals surface area contributed by atoms with Gasteiger partial charge in [0.15, 0.2) is 5.82 Å². The van der Waals surface area contributed by atoms with Gasteiger partial charge in [0.05, 0.1) is 6.10 Å². The van der Waals surface area contributed by atoms with Gasteiger partial charge in [-0.15, -0.1) is 0 Å². The van der Waals surface area contributed by atoms with Crippen molar-refractivity contribution >= 4 is 5.91 Å². The number of hydrogen-bond donors (Lipinski definition) is 1. The second kappa shape index (κ2) is 8.72. The molecular weight excluding hydrogens is 318 g/mol. The number of rotatable bonds is 6. The van der Waals surface area contributed by atoms with Gasteiger partial charge in [0.1, 0.15) is 11.6 Å². The molecule has 6 nitrogen and oxygen atoms in total. The van der Waals surface area contributed by atoms with E-state index in [1.54, 1.807) is 18.5 Å². The van der Waals surface area contributed by atoms with Gasteiger partial charge < -0.3 is 14.8 Å². The maximum Gasteiger partial charge on any atom is 0.249 e. The van der Waals surface area contributed by atoms with Crippen LogP contribution in [0.15, 0.2) is 18.5 Å². The number of hydrogen-bond acceptors (Lipinski definition) is 5. The summed E-state index contributed by atoms with van der Waals surface area (Å²) in [5, 5.41) is 3.22. The fraction of sp³-hybridized carbons (Fsp3) is 0.737. The van der Waals surface area contributed by atoms with E-state index in [4.69, 9.17) is 9.47 Å². The van der Waals surface area contributed by atoms with Gasteiger partial charge in [-0.2, -0.15) is 0 Å². The highest BCUT2D eigenvalue weighted by Gasteiger charge is 2.40. The third kappa shape index (κ3) is 4.55. The van der Waals surface area contributed by atoms with Gasteiger partial charge >= 0.3 is 0 Å². The van der Waals surface area contributed by atoms with E-state index >= 15 is 0 Å². The second-order valence-electron chi connectivity index (χ2n) is 7.05. The monoisotopic (exact) mass is 347 g/mol. The molecule has 2 heterocycles. The van der Waals surface area contributed by atoms with Crippen LogP contribution in [0.5, 0.6) is 0 Å². The Morgan fingerprint density at radius 3 is 2.60 bits per heavy atom. The van der Waals surface area contributed by atoms with E-state index in [9.17, 15) is 4.79 Å². The summed E-state index contributed by atoms with van der Waals surface area (Å²) in [4.78, 5) is 21.8. The molecule has 138 valence electrons. The molecular formula is C19H29N3O3. The maximum absolute atomic E-state index is 13.0. The first-order valence-corrected chi connectivity index (χ1v) is 9.56. The zero-order valence-corrected chi connectivity index (χ0v) is 15.1. The highest BCUT2D eigenvalue weighted by Crippen LogP contribution is 2.30. The average molecular weight is 347 g/mol. The molecule has 1 unspecified atom stereocenters. The molecule has 1 N–H and O–H groups in total. The minimum absolute atomic E-state index is 0.0533. The van der Waals surface area contributed by atoms with Gasteiger partial charge in [-0.05, 0) is 25.3 Å². The zero-order chi connectivity index (χ0) is 17.5. The number of nitrogens with one attached hydrogen (secondary N) is 1. The average Bonchev–Trinajstić information content (AvgIpc) is 2.68. The summed E-state index contributed by atoms with van der Waals surface area (Å²) in [6.45, 7) is 3.19. The number of amides is 1. The van der Waals surface area contributed by atoms with Crippen molar-refractivity contribution in [1.82, 2.24) is 15.3 Å². The van der Waals surface area contributed by atoms with Crippen molar-refractivity contribution in [2.45, 2.75) is 76.0 Å². The molecule has 1 aromatic heterocycles. The molecule has 1 aliphatic carbocycles. The van der Waals surface area contributed by atoms with Gasteiger partial charge in [0.25, 0.3) is 0 Å². The van der Waals surface area contributed by atoms with Crippen molar-refractivity contribution < 1.29 is 14.3 Å². The molecule has 1 atom stereocenters. The normalized spacial score (nSPS) is 22.3. The van der Waals surface area contributed by atoms with Gasteiger partial charge in [-0.25, -0.2) is 9.97 Å². The highest BCUT2D eigenvalue weighted by atomic mass is 16.5. The van der Waals surface area contributed by atoms with E-state index in [-0.39, 0.29) is 12.0 Å². The smallest absolute Gasteiger partial charge is 0.249 e. The first-order valence-electron chi connectivity index (χ1n) is 9.56. The van der Waals surface area contributed by atoms with Gasteiger partial charge in [-0.1, -0.05) is 26.2 Å². The number of nitrogens with zero attached hydrogens (tertiary/aromatic N) is 2. The van der Waals surface area contributed by atoms with Crippen LogP contribution in [0, 0.1) is 0 Å². The van der Waals surface area contributed by atoms with Crippen molar-refractivity contribution in [3.8, 4) is 0 Å². The van der Waals surface area contributed by atoms with Crippen LogP contribution in [0.25, 0.3) is 0 Å². The van der Waals surface area contributed by atoms with Crippen LogP contribution in [0.2, 0.25) is 0 Å². The minimum Gasteiger partial charge on any atom is -0.381 e. The van der Waals surface area contributed by atoms with Crippen molar-refractivity contribution in [2.24, 2.45) is 0 Å². The fourth-order valence-corrected chi connectivity index (χ4v) is 3.76. The molecule has 0 bridgehead atoms. The third-order valence-corrected chi connectivity index (χ3v) is 5.27. The quantitative estimate of drug-likeness (QED) is 0.856. The molecule has 1 aliphatic heterocycles. The first kappa shape index (κ1) is 18.3. The lowest BCUT2D eigenvalue weighted by molar-refractivity contribution is -0.142. The molecule has 1 amide bonds. The zero-order valence-electron chi connectivity index (χ0n) is 15.1. The molecule has 6 heteroatoms. The molecule has 3 rings (SSSR count). The molecule has 25 heavy (non-hydrogen) atoms. The number of carbonyl (C=O) groups is 1. The van der Waals surface area contributed by atoms with Crippen molar-refractivity contribution in [3.05, 3.63) is 24.3 Å². The number of aromatic nitrogens is 2. The van der Waals surface area contributed by atoms with E-state index in [1.165, 1.54) is 19.3 Å². The van der Waals surface area contributed by atoms with Crippen molar-refractivity contribution in [3.63, 3.8) is 0 Å². The van der Waals surface area contributed by atoms with Crippen LogP contribution >= 0.6 is 0 Å². The summed E-state index contributed by atoms with van der Waals surface area (Å²) >= 11 is 0. The van der Waals surface area contributed by atoms with E-state index in [2.05, 4.69) is 15.3 Å². The highest BCUT2D eigenvalue weighted by molar-refractivity contribution is 5.81. The summed E-state index contributed by atoms with van der Waals surface area (Å²) in [5.74, 6) is 0.613. The summed E-state index contributed by atoms with van der Waals surface area (Å²) in [6.07, 6.45) is 11.1. The summed E-state index contributed by atoms with van der Waals surface area (Å²) < 4.78 is 11.6. The molecule has 1 saturated heterocycles. The lowest BCUT2D eigenvalue weighted by atomic mass is 9.88. The lowest BCUT2D eigenvalue weighted by Gasteiger charge is -2.37. The maximum atomic E-state index is 13.0. The second-order valence-corrected chi connectivity index (χ2v) is 7.05. The van der Waals surface area contributed by atoms with Gasteiger partial charge in [0, 0.05) is 38.4 Å². The fourth-order valence-electron chi connectivity index (χ4n) is 3.76. The van der Waals surface area contributed by atoms with Crippen molar-refractivity contribution in [1.29, 1.82) is 0 Å². The van der Waals surface area contributed by atoms with E-state index in [0.29, 0.717) is 38.3 Å².